The molecule has 0 fully saturated rings. The van der Waals surface area contributed by atoms with Crippen molar-refractivity contribution in [2.45, 2.75) is 84.6 Å². The summed E-state index contributed by atoms with van der Waals surface area (Å²) in [4.78, 5) is 18.0. The predicted octanol–water partition coefficient (Wildman–Crippen LogP) is 3.66. The van der Waals surface area contributed by atoms with Crippen LogP contribution >= 0.6 is 0 Å². The standard InChI is InChI=1S/C24H50N2O5/c1-12-13-15-23(4,5)26(10,11)31-24(6,7)25(8,9)16-14-17-29-18-21(27)19-30-22(28)20(2)3/h21,27H,2,12-19H2,1,3-11H3/q+2. The molecular weight excluding hydrogens is 396 g/mol. The average molecular weight is 447 g/mol. The van der Waals surface area contributed by atoms with Crippen LogP contribution < -0.4 is 0 Å². The second kappa shape index (κ2) is 12.3. The number of hydroxylamine groups is 3. The van der Waals surface area contributed by atoms with Gasteiger partial charge in [-0.05, 0) is 27.2 Å². The number of quaternary nitrogens is 2. The number of aliphatic hydroxyl groups is 1. The van der Waals surface area contributed by atoms with Crippen LogP contribution in [0.5, 0.6) is 0 Å². The Bertz CT molecular complexity index is 570. The van der Waals surface area contributed by atoms with E-state index in [2.05, 4.69) is 69.4 Å². The van der Waals surface area contributed by atoms with E-state index in [1.165, 1.54) is 12.8 Å². The highest BCUT2D eigenvalue weighted by atomic mass is 16.7. The third-order valence-corrected chi connectivity index (χ3v) is 6.58. The SMILES string of the molecule is C=C(C)C(=O)OCC(O)COCCC[N+](C)(C)C(C)(C)O[N+](C)(C)C(C)(C)CCCC. The number of esters is 1. The van der Waals surface area contributed by atoms with Gasteiger partial charge in [0.2, 0.25) is 5.72 Å². The van der Waals surface area contributed by atoms with Crippen molar-refractivity contribution in [2.75, 3.05) is 54.6 Å². The quantitative estimate of drug-likeness (QED) is 0.0979. The maximum absolute atomic E-state index is 11.4. The van der Waals surface area contributed by atoms with Crippen molar-refractivity contribution in [2.24, 2.45) is 0 Å². The van der Waals surface area contributed by atoms with Gasteiger partial charge in [0.15, 0.2) is 0 Å². The first-order valence-corrected chi connectivity index (χ1v) is 11.5. The Labute approximate surface area is 191 Å². The first-order chi connectivity index (χ1) is 14.0. The third-order valence-electron chi connectivity index (χ3n) is 6.58. The Balaban J connectivity index is 4.56. The van der Waals surface area contributed by atoms with Crippen molar-refractivity contribution in [3.63, 3.8) is 0 Å². The molecule has 31 heavy (non-hydrogen) atoms. The largest absolute Gasteiger partial charge is 0.460 e. The van der Waals surface area contributed by atoms with Gasteiger partial charge in [-0.1, -0.05) is 19.9 Å². The summed E-state index contributed by atoms with van der Waals surface area (Å²) in [7, 11) is 8.63. The predicted molar refractivity (Wildman–Crippen MR) is 125 cm³/mol. The molecule has 0 heterocycles. The summed E-state index contributed by atoms with van der Waals surface area (Å²) in [5.74, 6) is -0.500. The van der Waals surface area contributed by atoms with E-state index in [4.69, 9.17) is 14.3 Å². The number of unbranched alkanes of at least 4 members (excludes halogenated alkanes) is 1. The van der Waals surface area contributed by atoms with Gasteiger partial charge in [-0.2, -0.15) is 4.65 Å². The van der Waals surface area contributed by atoms with Gasteiger partial charge in [0.25, 0.3) is 0 Å². The van der Waals surface area contributed by atoms with Crippen LogP contribution in [0, 0.1) is 0 Å². The average Bonchev–Trinajstić information content (AvgIpc) is 2.62. The van der Waals surface area contributed by atoms with E-state index < -0.39 is 17.8 Å². The van der Waals surface area contributed by atoms with Gasteiger partial charge in [0.1, 0.15) is 18.2 Å². The molecule has 184 valence electrons. The third kappa shape index (κ3) is 10.00. The number of hydrogen-bond acceptors (Lipinski definition) is 5. The molecule has 0 aromatic heterocycles. The van der Waals surface area contributed by atoms with E-state index >= 15 is 0 Å². The van der Waals surface area contributed by atoms with Crippen LogP contribution in [-0.4, -0.2) is 92.1 Å². The van der Waals surface area contributed by atoms with E-state index in [1.807, 2.05) is 0 Å². The summed E-state index contributed by atoms with van der Waals surface area (Å²) in [5, 5.41) is 9.88. The summed E-state index contributed by atoms with van der Waals surface area (Å²) in [6.07, 6.45) is 3.46. The molecular formula is C24H50N2O5+2. The van der Waals surface area contributed by atoms with Crippen molar-refractivity contribution in [1.29, 1.82) is 0 Å². The molecule has 7 heteroatoms. The molecule has 0 aliphatic rings. The topological polar surface area (TPSA) is 65.0 Å². The molecule has 1 atom stereocenters. The minimum Gasteiger partial charge on any atom is -0.460 e. The van der Waals surface area contributed by atoms with Crippen LogP contribution in [0.1, 0.15) is 67.2 Å². The van der Waals surface area contributed by atoms with Crippen LogP contribution in [0.2, 0.25) is 0 Å². The number of nitrogens with zero attached hydrogens (tertiary/aromatic N) is 2. The Morgan fingerprint density at radius 2 is 1.65 bits per heavy atom. The van der Waals surface area contributed by atoms with Crippen molar-refractivity contribution in [1.82, 2.24) is 0 Å². The number of rotatable bonds is 16. The maximum Gasteiger partial charge on any atom is 0.333 e. The van der Waals surface area contributed by atoms with Gasteiger partial charge in [-0.3, -0.25) is 4.48 Å². The highest BCUT2D eigenvalue weighted by Gasteiger charge is 2.49. The lowest BCUT2D eigenvalue weighted by Crippen LogP contribution is -2.67. The molecule has 0 amide bonds. The molecule has 7 nitrogen and oxygen atoms in total. The summed E-state index contributed by atoms with van der Waals surface area (Å²) in [6, 6.07) is 0. The molecule has 0 saturated carbocycles. The van der Waals surface area contributed by atoms with Gasteiger partial charge >= 0.3 is 5.97 Å². The van der Waals surface area contributed by atoms with Gasteiger partial charge in [0.05, 0.1) is 47.9 Å². The Morgan fingerprint density at radius 3 is 2.16 bits per heavy atom. The molecule has 0 radical (unpaired) electrons. The molecule has 0 aliphatic carbocycles. The number of hydrogen-bond donors (Lipinski definition) is 1. The van der Waals surface area contributed by atoms with Crippen LogP contribution in [-0.2, 0) is 19.1 Å². The van der Waals surface area contributed by atoms with Crippen LogP contribution in [0.4, 0.5) is 0 Å². The summed E-state index contributed by atoms with van der Waals surface area (Å²) >= 11 is 0. The molecule has 0 spiro atoms. The first-order valence-electron chi connectivity index (χ1n) is 11.5. The van der Waals surface area contributed by atoms with Crippen molar-refractivity contribution < 1.29 is 33.3 Å². The number of aliphatic hydroxyl groups excluding tert-OH is 1. The summed E-state index contributed by atoms with van der Waals surface area (Å²) in [5.41, 5.74) is -0.0721. The fraction of sp³-hybridized carbons (Fsp3) is 0.875. The lowest BCUT2D eigenvalue weighted by atomic mass is 9.95. The zero-order chi connectivity index (χ0) is 24.5. The lowest BCUT2D eigenvalue weighted by molar-refractivity contribution is -1.17. The van der Waals surface area contributed by atoms with Crippen molar-refractivity contribution in [3.05, 3.63) is 12.2 Å². The van der Waals surface area contributed by atoms with E-state index in [9.17, 15) is 9.90 Å². The van der Waals surface area contributed by atoms with Crippen LogP contribution in [0.15, 0.2) is 12.2 Å². The highest BCUT2D eigenvalue weighted by Crippen LogP contribution is 2.33. The zero-order valence-electron chi connectivity index (χ0n) is 21.9. The minimum absolute atomic E-state index is 0.0140. The molecule has 0 saturated heterocycles. The van der Waals surface area contributed by atoms with Crippen molar-refractivity contribution in [3.8, 4) is 0 Å². The van der Waals surface area contributed by atoms with Gasteiger partial charge in [0, 0.05) is 32.3 Å². The Hall–Kier alpha value is -0.990. The summed E-state index contributed by atoms with van der Waals surface area (Å²) < 4.78 is 11.7. The maximum atomic E-state index is 11.4. The molecule has 0 aliphatic heterocycles. The normalized spacial score (nSPS) is 14.4. The number of carbonyl (C=O) groups excluding carboxylic acids is 1. The van der Waals surface area contributed by atoms with Gasteiger partial charge in [-0.25, -0.2) is 4.79 Å². The Kier molecular flexibility index (Phi) is 11.9. The second-order valence-corrected chi connectivity index (χ2v) is 10.7. The van der Waals surface area contributed by atoms with E-state index in [1.54, 1.807) is 6.92 Å². The fourth-order valence-corrected chi connectivity index (χ4v) is 3.06. The van der Waals surface area contributed by atoms with Crippen molar-refractivity contribution >= 4 is 5.97 Å². The molecule has 0 rings (SSSR count). The Morgan fingerprint density at radius 1 is 1.06 bits per heavy atom. The number of carbonyl (C=O) groups is 1. The van der Waals surface area contributed by atoms with E-state index in [-0.39, 0.29) is 18.8 Å². The van der Waals surface area contributed by atoms with Crippen LogP contribution in [0.3, 0.4) is 0 Å². The smallest absolute Gasteiger partial charge is 0.333 e. The fourth-order valence-electron chi connectivity index (χ4n) is 3.06. The molecule has 0 aromatic carbocycles. The number of ether oxygens (including phenoxy) is 2. The first kappa shape index (κ1) is 30.0. The molecule has 0 bridgehead atoms. The molecule has 1 unspecified atom stereocenters. The lowest BCUT2D eigenvalue weighted by Gasteiger charge is -2.50. The second-order valence-electron chi connectivity index (χ2n) is 10.7. The summed E-state index contributed by atoms with van der Waals surface area (Å²) in [6.45, 7) is 17.5. The van der Waals surface area contributed by atoms with Gasteiger partial charge < -0.3 is 14.6 Å². The van der Waals surface area contributed by atoms with E-state index in [0.29, 0.717) is 21.3 Å². The monoisotopic (exact) mass is 446 g/mol. The van der Waals surface area contributed by atoms with E-state index in [0.717, 1.165) is 19.4 Å². The highest BCUT2D eigenvalue weighted by molar-refractivity contribution is 5.86. The van der Waals surface area contributed by atoms with Crippen LogP contribution in [0.25, 0.3) is 0 Å². The molecule has 1 N–H and O–H groups in total. The zero-order valence-corrected chi connectivity index (χ0v) is 21.9. The molecule has 0 aromatic rings. The van der Waals surface area contributed by atoms with Gasteiger partial charge in [-0.15, -0.1) is 4.84 Å². The minimum atomic E-state index is -0.839.